The molecule has 2 fully saturated rings. The predicted molar refractivity (Wildman–Crippen MR) is 80.1 cm³/mol. The Morgan fingerprint density at radius 1 is 0.857 bits per heavy atom. The topological polar surface area (TPSA) is 53.1 Å². The molecule has 0 bridgehead atoms. The Kier molecular flexibility index (Phi) is 6.29. The Morgan fingerprint density at radius 3 is 2.05 bits per heavy atom. The standard InChI is InChI=1S/C15H27N3O3/c1-2-21-15(20)18-11-9-16(10-12-18)13-14(19)17-7-5-3-4-6-8-17/h2-13H2,1H3. The number of carbonyl (C=O) groups is 2. The molecule has 6 heteroatoms. The van der Waals surface area contributed by atoms with Gasteiger partial charge < -0.3 is 14.5 Å². The van der Waals surface area contributed by atoms with Crippen LogP contribution >= 0.6 is 0 Å². The summed E-state index contributed by atoms with van der Waals surface area (Å²) in [6.45, 7) is 7.30. The summed E-state index contributed by atoms with van der Waals surface area (Å²) in [7, 11) is 0. The number of ether oxygens (including phenoxy) is 1. The van der Waals surface area contributed by atoms with Crippen LogP contribution in [0, 0.1) is 0 Å². The van der Waals surface area contributed by atoms with Gasteiger partial charge in [-0.25, -0.2) is 4.79 Å². The van der Waals surface area contributed by atoms with Crippen LogP contribution in [0.1, 0.15) is 32.6 Å². The molecule has 2 saturated heterocycles. The van der Waals surface area contributed by atoms with Crippen molar-refractivity contribution in [3.63, 3.8) is 0 Å². The van der Waals surface area contributed by atoms with E-state index in [0.29, 0.717) is 26.2 Å². The van der Waals surface area contributed by atoms with E-state index in [4.69, 9.17) is 4.74 Å². The van der Waals surface area contributed by atoms with Gasteiger partial charge in [0.1, 0.15) is 0 Å². The average Bonchev–Trinajstić information content (AvgIpc) is 2.77. The first-order valence-electron chi connectivity index (χ1n) is 8.12. The Balaban J connectivity index is 1.72. The number of nitrogens with zero attached hydrogens (tertiary/aromatic N) is 3. The molecule has 0 radical (unpaired) electrons. The number of likely N-dealkylation sites (tertiary alicyclic amines) is 1. The van der Waals surface area contributed by atoms with Crippen molar-refractivity contribution >= 4 is 12.0 Å². The molecular formula is C15H27N3O3. The predicted octanol–water partition coefficient (Wildman–Crippen LogP) is 1.16. The molecule has 120 valence electrons. The van der Waals surface area contributed by atoms with Gasteiger partial charge in [-0.15, -0.1) is 0 Å². The third kappa shape index (κ3) is 4.88. The van der Waals surface area contributed by atoms with E-state index in [1.807, 2.05) is 11.8 Å². The molecule has 2 aliphatic rings. The number of hydrogen-bond acceptors (Lipinski definition) is 4. The van der Waals surface area contributed by atoms with Crippen molar-refractivity contribution in [1.82, 2.24) is 14.7 Å². The monoisotopic (exact) mass is 297 g/mol. The van der Waals surface area contributed by atoms with E-state index in [-0.39, 0.29) is 12.0 Å². The summed E-state index contributed by atoms with van der Waals surface area (Å²) in [6.07, 6.45) is 4.49. The quantitative estimate of drug-likeness (QED) is 0.784. The van der Waals surface area contributed by atoms with Crippen LogP contribution in [0.25, 0.3) is 0 Å². The summed E-state index contributed by atoms with van der Waals surface area (Å²) in [6, 6.07) is 0. The van der Waals surface area contributed by atoms with Gasteiger partial charge >= 0.3 is 6.09 Å². The van der Waals surface area contributed by atoms with Crippen molar-refractivity contribution in [3.05, 3.63) is 0 Å². The number of hydrogen-bond donors (Lipinski definition) is 0. The molecule has 2 amide bonds. The summed E-state index contributed by atoms with van der Waals surface area (Å²) < 4.78 is 5.00. The maximum Gasteiger partial charge on any atom is 0.409 e. The first-order valence-corrected chi connectivity index (χ1v) is 8.12. The summed E-state index contributed by atoms with van der Waals surface area (Å²) in [5.41, 5.74) is 0. The summed E-state index contributed by atoms with van der Waals surface area (Å²) in [5, 5.41) is 0. The average molecular weight is 297 g/mol. The Bertz CT molecular complexity index is 346. The highest BCUT2D eigenvalue weighted by atomic mass is 16.6. The Labute approximate surface area is 127 Å². The van der Waals surface area contributed by atoms with Crippen LogP contribution in [0.15, 0.2) is 0 Å². The molecule has 0 unspecified atom stereocenters. The zero-order valence-electron chi connectivity index (χ0n) is 13.1. The number of piperazine rings is 1. The molecule has 21 heavy (non-hydrogen) atoms. The second kappa shape index (κ2) is 8.22. The second-order valence-electron chi connectivity index (χ2n) is 5.76. The van der Waals surface area contributed by atoms with Crippen LogP contribution in [0.4, 0.5) is 4.79 Å². The lowest BCUT2D eigenvalue weighted by molar-refractivity contribution is -0.132. The number of rotatable bonds is 3. The van der Waals surface area contributed by atoms with Gasteiger partial charge in [0.2, 0.25) is 5.91 Å². The van der Waals surface area contributed by atoms with Gasteiger partial charge in [-0.1, -0.05) is 12.8 Å². The fourth-order valence-corrected chi connectivity index (χ4v) is 2.91. The van der Waals surface area contributed by atoms with Crippen molar-refractivity contribution in [2.75, 3.05) is 52.4 Å². The van der Waals surface area contributed by atoms with Crippen molar-refractivity contribution in [1.29, 1.82) is 0 Å². The molecule has 0 aromatic carbocycles. The zero-order valence-corrected chi connectivity index (χ0v) is 13.1. The molecule has 0 spiro atoms. The first-order chi connectivity index (χ1) is 10.2. The van der Waals surface area contributed by atoms with Gasteiger partial charge in [0, 0.05) is 39.3 Å². The number of carbonyl (C=O) groups excluding carboxylic acids is 2. The molecule has 0 aromatic rings. The van der Waals surface area contributed by atoms with Gasteiger partial charge in [0.15, 0.2) is 0 Å². The van der Waals surface area contributed by atoms with Crippen LogP contribution in [-0.2, 0) is 9.53 Å². The summed E-state index contributed by atoms with van der Waals surface area (Å²) in [4.78, 5) is 29.8. The molecular weight excluding hydrogens is 270 g/mol. The van der Waals surface area contributed by atoms with E-state index in [0.717, 1.165) is 39.0 Å². The third-order valence-electron chi connectivity index (χ3n) is 4.22. The molecule has 2 heterocycles. The van der Waals surface area contributed by atoms with Crippen molar-refractivity contribution < 1.29 is 14.3 Å². The fraction of sp³-hybridized carbons (Fsp3) is 0.867. The van der Waals surface area contributed by atoms with E-state index in [9.17, 15) is 9.59 Å². The molecule has 2 rings (SSSR count). The highest BCUT2D eigenvalue weighted by Crippen LogP contribution is 2.11. The minimum absolute atomic E-state index is 0.237. The van der Waals surface area contributed by atoms with E-state index >= 15 is 0 Å². The van der Waals surface area contributed by atoms with Gasteiger partial charge in [-0.05, 0) is 19.8 Å². The largest absolute Gasteiger partial charge is 0.450 e. The lowest BCUT2D eigenvalue weighted by atomic mass is 10.2. The fourth-order valence-electron chi connectivity index (χ4n) is 2.91. The molecule has 6 nitrogen and oxygen atoms in total. The van der Waals surface area contributed by atoms with Gasteiger partial charge in [0.25, 0.3) is 0 Å². The smallest absolute Gasteiger partial charge is 0.409 e. The Hall–Kier alpha value is -1.30. The highest BCUT2D eigenvalue weighted by molar-refractivity contribution is 5.78. The molecule has 0 saturated carbocycles. The summed E-state index contributed by atoms with van der Waals surface area (Å²) in [5.74, 6) is 0.237. The van der Waals surface area contributed by atoms with E-state index in [1.165, 1.54) is 12.8 Å². The maximum absolute atomic E-state index is 12.3. The normalized spacial score (nSPS) is 21.0. The van der Waals surface area contributed by atoms with Crippen molar-refractivity contribution in [2.45, 2.75) is 32.6 Å². The van der Waals surface area contributed by atoms with Crippen molar-refractivity contribution in [2.24, 2.45) is 0 Å². The van der Waals surface area contributed by atoms with Crippen LogP contribution in [0.3, 0.4) is 0 Å². The van der Waals surface area contributed by atoms with Gasteiger partial charge in [0.05, 0.1) is 13.2 Å². The SMILES string of the molecule is CCOC(=O)N1CCN(CC(=O)N2CCCCCC2)CC1. The molecule has 2 aliphatic heterocycles. The highest BCUT2D eigenvalue weighted by Gasteiger charge is 2.24. The van der Waals surface area contributed by atoms with Gasteiger partial charge in [-0.3, -0.25) is 9.69 Å². The lowest BCUT2D eigenvalue weighted by Crippen LogP contribution is -2.51. The van der Waals surface area contributed by atoms with E-state index < -0.39 is 0 Å². The van der Waals surface area contributed by atoms with Crippen LogP contribution in [0.2, 0.25) is 0 Å². The molecule has 0 aliphatic carbocycles. The molecule has 0 atom stereocenters. The van der Waals surface area contributed by atoms with Crippen molar-refractivity contribution in [3.8, 4) is 0 Å². The zero-order chi connectivity index (χ0) is 15.1. The van der Waals surface area contributed by atoms with E-state index in [2.05, 4.69) is 4.90 Å². The minimum atomic E-state index is -0.240. The maximum atomic E-state index is 12.3. The minimum Gasteiger partial charge on any atom is -0.450 e. The number of amides is 2. The third-order valence-corrected chi connectivity index (χ3v) is 4.22. The lowest BCUT2D eigenvalue weighted by Gasteiger charge is -2.34. The second-order valence-corrected chi connectivity index (χ2v) is 5.76. The summed E-state index contributed by atoms with van der Waals surface area (Å²) >= 11 is 0. The first kappa shape index (κ1) is 16.1. The molecule has 0 N–H and O–H groups in total. The molecule has 0 aromatic heterocycles. The van der Waals surface area contributed by atoms with Crippen LogP contribution in [0.5, 0.6) is 0 Å². The van der Waals surface area contributed by atoms with Crippen LogP contribution in [-0.4, -0.2) is 79.1 Å². The Morgan fingerprint density at radius 2 is 1.48 bits per heavy atom. The van der Waals surface area contributed by atoms with Gasteiger partial charge in [-0.2, -0.15) is 0 Å². The van der Waals surface area contributed by atoms with E-state index in [1.54, 1.807) is 4.90 Å². The van der Waals surface area contributed by atoms with Crippen LogP contribution < -0.4 is 0 Å².